The van der Waals surface area contributed by atoms with Crippen molar-refractivity contribution < 1.29 is 24.2 Å². The summed E-state index contributed by atoms with van der Waals surface area (Å²) in [5, 5.41) is 12.9. The Morgan fingerprint density at radius 1 is 1.03 bits per heavy atom. The first-order valence-corrected chi connectivity index (χ1v) is 11.8. The van der Waals surface area contributed by atoms with E-state index in [1.807, 2.05) is 72.8 Å². The number of esters is 1. The molecule has 7 nitrogen and oxygen atoms in total. The fourth-order valence-corrected chi connectivity index (χ4v) is 4.50. The number of ether oxygens (including phenoxy) is 2. The molecule has 5 rings (SSSR count). The third-order valence-electron chi connectivity index (χ3n) is 6.50. The molecular formula is C29H26N2O5. The van der Waals surface area contributed by atoms with Gasteiger partial charge in [-0.1, -0.05) is 60.7 Å². The lowest BCUT2D eigenvalue weighted by molar-refractivity contribution is -0.149. The van der Waals surface area contributed by atoms with Gasteiger partial charge >= 0.3 is 5.97 Å². The van der Waals surface area contributed by atoms with Crippen molar-refractivity contribution in [3.63, 3.8) is 0 Å². The molecule has 0 spiro atoms. The second-order valence-electron chi connectivity index (χ2n) is 8.75. The molecule has 1 aromatic heterocycles. The van der Waals surface area contributed by atoms with Crippen molar-refractivity contribution in [2.75, 3.05) is 13.7 Å². The van der Waals surface area contributed by atoms with Crippen LogP contribution in [0.15, 0.2) is 84.9 Å². The van der Waals surface area contributed by atoms with Crippen molar-refractivity contribution >= 4 is 22.8 Å². The average Bonchev–Trinajstić information content (AvgIpc) is 2.93. The van der Waals surface area contributed by atoms with Crippen molar-refractivity contribution in [2.45, 2.75) is 18.6 Å². The Kier molecular flexibility index (Phi) is 6.64. The van der Waals surface area contributed by atoms with Gasteiger partial charge in [0, 0.05) is 16.5 Å². The first-order chi connectivity index (χ1) is 17.6. The number of para-hydroxylation sites is 1. The number of β-lactam (4-membered cyclic amide) rings is 1. The van der Waals surface area contributed by atoms with Crippen molar-refractivity contribution in [3.8, 4) is 17.0 Å². The molecule has 7 heteroatoms. The summed E-state index contributed by atoms with van der Waals surface area (Å²) in [6.07, 6.45) is -0.486. The van der Waals surface area contributed by atoms with Gasteiger partial charge in [0.2, 0.25) is 12.0 Å². The number of hydrogen-bond acceptors (Lipinski definition) is 6. The van der Waals surface area contributed by atoms with Crippen LogP contribution in [-0.2, 0) is 20.7 Å². The highest BCUT2D eigenvalue weighted by Crippen LogP contribution is 2.32. The minimum absolute atomic E-state index is 0.0566. The Bertz CT molecular complexity index is 1390. The van der Waals surface area contributed by atoms with Gasteiger partial charge in [-0.15, -0.1) is 0 Å². The molecule has 4 aromatic rings. The molecule has 1 fully saturated rings. The maximum absolute atomic E-state index is 12.9. The topological polar surface area (TPSA) is 97.8 Å². The van der Waals surface area contributed by atoms with Crippen LogP contribution in [0.5, 0.6) is 5.75 Å². The first kappa shape index (κ1) is 23.5. The molecular weight excluding hydrogens is 456 g/mol. The number of methoxy groups -OCH3 is 1. The molecule has 0 saturated carbocycles. The number of carbonyl (C=O) groups is 2. The van der Waals surface area contributed by atoms with Crippen LogP contribution in [0.3, 0.4) is 0 Å². The molecule has 36 heavy (non-hydrogen) atoms. The number of fused-ring (bicyclic) bond motifs is 1. The molecule has 1 aliphatic rings. The molecule has 3 aromatic carbocycles. The van der Waals surface area contributed by atoms with Gasteiger partial charge in [0.05, 0.1) is 36.9 Å². The molecule has 0 aliphatic carbocycles. The highest BCUT2D eigenvalue weighted by atomic mass is 16.6. The zero-order chi connectivity index (χ0) is 25.1. The van der Waals surface area contributed by atoms with Crippen molar-refractivity contribution in [1.29, 1.82) is 0 Å². The Morgan fingerprint density at radius 3 is 2.44 bits per heavy atom. The van der Waals surface area contributed by atoms with Crippen LogP contribution in [0.4, 0.5) is 0 Å². The van der Waals surface area contributed by atoms with Gasteiger partial charge in [0.25, 0.3) is 0 Å². The second-order valence-corrected chi connectivity index (χ2v) is 8.75. The molecule has 2 heterocycles. The summed E-state index contributed by atoms with van der Waals surface area (Å²) in [4.78, 5) is 29.5. The van der Waals surface area contributed by atoms with E-state index in [2.05, 4.69) is 5.32 Å². The number of benzene rings is 3. The summed E-state index contributed by atoms with van der Waals surface area (Å²) in [6, 6.07) is 26.3. The average molecular weight is 483 g/mol. The number of amides is 1. The van der Waals surface area contributed by atoms with E-state index in [4.69, 9.17) is 14.5 Å². The number of hydrogen-bond donors (Lipinski definition) is 2. The number of carbonyl (C=O) groups excluding carboxylic acids is 2. The molecule has 1 saturated heterocycles. The minimum Gasteiger partial charge on any atom is -0.474 e. The molecule has 0 bridgehead atoms. The zero-order valence-corrected chi connectivity index (χ0v) is 19.8. The smallest absolute Gasteiger partial charge is 0.351 e. The van der Waals surface area contributed by atoms with Gasteiger partial charge in [-0.05, 0) is 36.2 Å². The largest absolute Gasteiger partial charge is 0.474 e. The molecule has 0 radical (unpaired) electrons. The third-order valence-corrected chi connectivity index (χ3v) is 6.50. The molecule has 182 valence electrons. The third kappa shape index (κ3) is 4.65. The van der Waals surface area contributed by atoms with E-state index in [-0.39, 0.29) is 24.5 Å². The van der Waals surface area contributed by atoms with E-state index in [1.165, 1.54) is 7.11 Å². The quantitative estimate of drug-likeness (QED) is 0.293. The summed E-state index contributed by atoms with van der Waals surface area (Å²) in [5.41, 5.74) is 4.01. The fraction of sp³-hybridized carbons (Fsp3) is 0.207. The first-order valence-electron chi connectivity index (χ1n) is 11.8. The predicted molar refractivity (Wildman–Crippen MR) is 135 cm³/mol. The van der Waals surface area contributed by atoms with Crippen molar-refractivity contribution in [3.05, 3.63) is 96.1 Å². The highest BCUT2D eigenvalue weighted by molar-refractivity contribution is 5.90. The number of aliphatic hydroxyl groups excluding tert-OH is 1. The number of nitrogens with one attached hydrogen (secondary N) is 1. The van der Waals surface area contributed by atoms with Crippen LogP contribution >= 0.6 is 0 Å². The van der Waals surface area contributed by atoms with E-state index < -0.39 is 12.1 Å². The lowest BCUT2D eigenvalue weighted by Gasteiger charge is -2.35. The van der Waals surface area contributed by atoms with Gasteiger partial charge in [-0.2, -0.15) is 0 Å². The maximum Gasteiger partial charge on any atom is 0.351 e. The van der Waals surface area contributed by atoms with Crippen molar-refractivity contribution in [1.82, 2.24) is 10.3 Å². The van der Waals surface area contributed by atoms with Gasteiger partial charge in [-0.25, -0.2) is 9.78 Å². The SMILES string of the molecule is COC(=O)C(Oc1ccc(CC2C(=O)N[C@@H]2CO)cc1)c1cc(-c2ccccc2)nc2ccccc12. The molecule has 3 atom stereocenters. The number of aromatic nitrogens is 1. The van der Waals surface area contributed by atoms with E-state index in [9.17, 15) is 14.7 Å². The molecule has 1 aliphatic heterocycles. The van der Waals surface area contributed by atoms with Crippen molar-refractivity contribution in [2.24, 2.45) is 5.92 Å². The lowest BCUT2D eigenvalue weighted by Crippen LogP contribution is -2.60. The van der Waals surface area contributed by atoms with Crippen LogP contribution in [0, 0.1) is 5.92 Å². The lowest BCUT2D eigenvalue weighted by atomic mass is 9.85. The number of nitrogens with zero attached hydrogens (tertiary/aromatic N) is 1. The van der Waals surface area contributed by atoms with Gasteiger partial charge in [-0.3, -0.25) is 4.79 Å². The number of rotatable bonds is 8. The summed E-state index contributed by atoms with van der Waals surface area (Å²) in [7, 11) is 1.34. The van der Waals surface area contributed by atoms with Gasteiger partial charge < -0.3 is 19.9 Å². The second kappa shape index (κ2) is 10.2. The zero-order valence-electron chi connectivity index (χ0n) is 19.8. The van der Waals surface area contributed by atoms with Gasteiger partial charge in [0.15, 0.2) is 0 Å². The predicted octanol–water partition coefficient (Wildman–Crippen LogP) is 3.84. The summed E-state index contributed by atoms with van der Waals surface area (Å²) in [5.74, 6) is -0.331. The summed E-state index contributed by atoms with van der Waals surface area (Å²) < 4.78 is 11.3. The monoisotopic (exact) mass is 482 g/mol. The van der Waals surface area contributed by atoms with Crippen LogP contribution < -0.4 is 10.1 Å². The highest BCUT2D eigenvalue weighted by Gasteiger charge is 2.38. The molecule has 2 unspecified atom stereocenters. The number of pyridine rings is 1. The Balaban J connectivity index is 1.47. The fourth-order valence-electron chi connectivity index (χ4n) is 4.50. The minimum atomic E-state index is -1.01. The Hall–Kier alpha value is -4.23. The normalized spacial score (nSPS) is 17.7. The molecule has 1 amide bonds. The van der Waals surface area contributed by atoms with Crippen LogP contribution in [0.25, 0.3) is 22.2 Å². The van der Waals surface area contributed by atoms with E-state index >= 15 is 0 Å². The van der Waals surface area contributed by atoms with Crippen LogP contribution in [0.2, 0.25) is 0 Å². The van der Waals surface area contributed by atoms with E-state index in [0.717, 1.165) is 27.7 Å². The number of aliphatic hydroxyl groups is 1. The summed E-state index contributed by atoms with van der Waals surface area (Å²) >= 11 is 0. The Morgan fingerprint density at radius 2 is 1.75 bits per heavy atom. The van der Waals surface area contributed by atoms with E-state index in [1.54, 1.807) is 12.1 Å². The summed E-state index contributed by atoms with van der Waals surface area (Å²) in [6.45, 7) is -0.0801. The van der Waals surface area contributed by atoms with Crippen LogP contribution in [-0.4, -0.2) is 41.7 Å². The molecule has 2 N–H and O–H groups in total. The van der Waals surface area contributed by atoms with Crippen LogP contribution in [0.1, 0.15) is 17.2 Å². The van der Waals surface area contributed by atoms with Gasteiger partial charge in [0.1, 0.15) is 5.75 Å². The standard InChI is InChI=1S/C29H26N2O5/c1-35-29(34)27(36-20-13-11-18(12-14-20)15-23-26(17-32)31-28(23)33)22-16-25(19-7-3-2-4-8-19)30-24-10-6-5-9-21(22)24/h2-14,16,23,26-27,32H,15,17H2,1H3,(H,31,33)/t23?,26-,27?/m1/s1. The maximum atomic E-state index is 12.9. The Labute approximate surface area is 208 Å². The van der Waals surface area contributed by atoms with E-state index in [0.29, 0.717) is 17.7 Å².